The molecule has 1 atom stereocenters. The molecule has 0 radical (unpaired) electrons. The van der Waals surface area contributed by atoms with E-state index in [0.717, 1.165) is 13.0 Å². The van der Waals surface area contributed by atoms with E-state index in [0.29, 0.717) is 11.5 Å². The highest BCUT2D eigenvalue weighted by atomic mass is 16.2. The molecule has 2 heteroatoms. The molecule has 0 aromatic carbocycles. The standard InChI is InChI=1S/C13H25NO/c1-5-9-14(11(2)15)12-7-6-8-13(3,4)10-12/h12H,5-10H2,1-4H3. The molecule has 1 rings (SSSR count). The van der Waals surface area contributed by atoms with Crippen LogP contribution in [0.15, 0.2) is 0 Å². The van der Waals surface area contributed by atoms with Gasteiger partial charge in [0.1, 0.15) is 0 Å². The van der Waals surface area contributed by atoms with Crippen molar-refractivity contribution in [1.82, 2.24) is 4.90 Å². The fourth-order valence-electron chi connectivity index (χ4n) is 2.76. The Balaban J connectivity index is 2.63. The second-order valence-corrected chi connectivity index (χ2v) is 5.63. The summed E-state index contributed by atoms with van der Waals surface area (Å²) in [5, 5.41) is 0. The maximum Gasteiger partial charge on any atom is 0.219 e. The van der Waals surface area contributed by atoms with Crippen LogP contribution in [-0.4, -0.2) is 23.4 Å². The highest BCUT2D eigenvalue weighted by Gasteiger charge is 2.31. The van der Waals surface area contributed by atoms with E-state index in [1.807, 2.05) is 0 Å². The van der Waals surface area contributed by atoms with Crippen LogP contribution in [0.5, 0.6) is 0 Å². The molecule has 1 aliphatic rings. The van der Waals surface area contributed by atoms with Crippen LogP contribution >= 0.6 is 0 Å². The number of hydrogen-bond donors (Lipinski definition) is 0. The zero-order chi connectivity index (χ0) is 11.5. The third-order valence-corrected chi connectivity index (χ3v) is 3.49. The summed E-state index contributed by atoms with van der Waals surface area (Å²) in [6, 6.07) is 0.492. The van der Waals surface area contributed by atoms with Gasteiger partial charge in [0, 0.05) is 19.5 Å². The highest BCUT2D eigenvalue weighted by molar-refractivity contribution is 5.73. The molecule has 15 heavy (non-hydrogen) atoms. The molecule has 2 nitrogen and oxygen atoms in total. The van der Waals surface area contributed by atoms with Crippen LogP contribution in [0.3, 0.4) is 0 Å². The SMILES string of the molecule is CCCN(C(C)=O)C1CCCC(C)(C)C1. The smallest absolute Gasteiger partial charge is 0.219 e. The summed E-state index contributed by atoms with van der Waals surface area (Å²) in [7, 11) is 0. The van der Waals surface area contributed by atoms with Gasteiger partial charge >= 0.3 is 0 Å². The van der Waals surface area contributed by atoms with E-state index in [1.54, 1.807) is 6.92 Å². The Hall–Kier alpha value is -0.530. The Bertz CT molecular complexity index is 223. The molecule has 0 saturated heterocycles. The monoisotopic (exact) mass is 211 g/mol. The Morgan fingerprint density at radius 3 is 2.60 bits per heavy atom. The molecular weight excluding hydrogens is 186 g/mol. The summed E-state index contributed by atoms with van der Waals surface area (Å²) in [6.45, 7) is 9.42. The molecule has 1 aliphatic carbocycles. The molecule has 0 bridgehead atoms. The van der Waals surface area contributed by atoms with Crippen molar-refractivity contribution in [3.63, 3.8) is 0 Å². The third-order valence-electron chi connectivity index (χ3n) is 3.49. The van der Waals surface area contributed by atoms with Crippen LogP contribution in [0, 0.1) is 5.41 Å². The number of carbonyl (C=O) groups excluding carboxylic acids is 1. The number of nitrogens with zero attached hydrogens (tertiary/aromatic N) is 1. The predicted molar refractivity (Wildman–Crippen MR) is 63.7 cm³/mol. The fourth-order valence-corrected chi connectivity index (χ4v) is 2.76. The van der Waals surface area contributed by atoms with E-state index >= 15 is 0 Å². The van der Waals surface area contributed by atoms with Gasteiger partial charge in [0.05, 0.1) is 0 Å². The summed E-state index contributed by atoms with van der Waals surface area (Å²) >= 11 is 0. The average molecular weight is 211 g/mol. The van der Waals surface area contributed by atoms with Crippen molar-refractivity contribution in [3.8, 4) is 0 Å². The molecule has 0 aromatic rings. The first kappa shape index (κ1) is 12.5. The molecular formula is C13H25NO. The summed E-state index contributed by atoms with van der Waals surface area (Å²) in [6.07, 6.45) is 6.01. The number of rotatable bonds is 3. The van der Waals surface area contributed by atoms with Crippen LogP contribution in [-0.2, 0) is 4.79 Å². The van der Waals surface area contributed by atoms with Gasteiger partial charge in [0.2, 0.25) is 5.91 Å². The second-order valence-electron chi connectivity index (χ2n) is 5.63. The lowest BCUT2D eigenvalue weighted by molar-refractivity contribution is -0.132. The van der Waals surface area contributed by atoms with Crippen LogP contribution in [0.2, 0.25) is 0 Å². The van der Waals surface area contributed by atoms with Gasteiger partial charge in [-0.15, -0.1) is 0 Å². The summed E-state index contributed by atoms with van der Waals surface area (Å²) in [5.41, 5.74) is 0.421. The maximum atomic E-state index is 11.6. The molecule has 0 spiro atoms. The second kappa shape index (κ2) is 5.00. The van der Waals surface area contributed by atoms with Crippen LogP contribution in [0.1, 0.15) is 59.8 Å². The van der Waals surface area contributed by atoms with Crippen LogP contribution < -0.4 is 0 Å². The quantitative estimate of drug-likeness (QED) is 0.702. The minimum atomic E-state index is 0.250. The molecule has 0 aromatic heterocycles. The lowest BCUT2D eigenvalue weighted by Crippen LogP contribution is -2.44. The first-order valence-corrected chi connectivity index (χ1v) is 6.23. The highest BCUT2D eigenvalue weighted by Crippen LogP contribution is 2.37. The minimum absolute atomic E-state index is 0.250. The molecule has 1 amide bonds. The van der Waals surface area contributed by atoms with E-state index in [2.05, 4.69) is 25.7 Å². The Labute approximate surface area is 94.0 Å². The molecule has 0 N–H and O–H groups in total. The third kappa shape index (κ3) is 3.51. The predicted octanol–water partition coefficient (Wildman–Crippen LogP) is 3.21. The van der Waals surface area contributed by atoms with Gasteiger partial charge < -0.3 is 4.90 Å². The van der Waals surface area contributed by atoms with E-state index in [4.69, 9.17) is 0 Å². The summed E-state index contributed by atoms with van der Waals surface area (Å²) < 4.78 is 0. The van der Waals surface area contributed by atoms with Gasteiger partial charge in [-0.1, -0.05) is 27.2 Å². The summed E-state index contributed by atoms with van der Waals surface area (Å²) in [4.78, 5) is 13.7. The maximum absolute atomic E-state index is 11.6. The molecule has 1 unspecified atom stereocenters. The van der Waals surface area contributed by atoms with Crippen molar-refractivity contribution in [1.29, 1.82) is 0 Å². The van der Waals surface area contributed by atoms with E-state index in [-0.39, 0.29) is 5.91 Å². The Morgan fingerprint density at radius 2 is 2.13 bits per heavy atom. The van der Waals surface area contributed by atoms with Crippen molar-refractivity contribution >= 4 is 5.91 Å². The van der Waals surface area contributed by atoms with Gasteiger partial charge in [0.25, 0.3) is 0 Å². The summed E-state index contributed by atoms with van der Waals surface area (Å²) in [5.74, 6) is 0.250. The van der Waals surface area contributed by atoms with Crippen molar-refractivity contribution in [2.45, 2.75) is 65.8 Å². The minimum Gasteiger partial charge on any atom is -0.340 e. The lowest BCUT2D eigenvalue weighted by Gasteiger charge is -2.41. The first-order chi connectivity index (χ1) is 6.96. The largest absolute Gasteiger partial charge is 0.340 e. The van der Waals surface area contributed by atoms with Gasteiger partial charge in [-0.25, -0.2) is 0 Å². The molecule has 0 heterocycles. The van der Waals surface area contributed by atoms with Crippen molar-refractivity contribution in [2.24, 2.45) is 5.41 Å². The first-order valence-electron chi connectivity index (χ1n) is 6.23. The lowest BCUT2D eigenvalue weighted by atomic mass is 9.74. The normalized spacial score (nSPS) is 24.9. The van der Waals surface area contributed by atoms with E-state index in [9.17, 15) is 4.79 Å². The van der Waals surface area contributed by atoms with Gasteiger partial charge in [-0.3, -0.25) is 4.79 Å². The van der Waals surface area contributed by atoms with Gasteiger partial charge in [0.15, 0.2) is 0 Å². The number of amides is 1. The van der Waals surface area contributed by atoms with Crippen LogP contribution in [0.4, 0.5) is 0 Å². The molecule has 1 fully saturated rings. The molecule has 0 aliphatic heterocycles. The van der Waals surface area contributed by atoms with E-state index in [1.165, 1.54) is 25.7 Å². The van der Waals surface area contributed by atoms with Gasteiger partial charge in [-0.2, -0.15) is 0 Å². The van der Waals surface area contributed by atoms with Crippen molar-refractivity contribution in [2.75, 3.05) is 6.54 Å². The Morgan fingerprint density at radius 1 is 1.47 bits per heavy atom. The van der Waals surface area contributed by atoms with Crippen molar-refractivity contribution < 1.29 is 4.79 Å². The Kier molecular flexibility index (Phi) is 4.18. The number of carbonyl (C=O) groups is 1. The average Bonchev–Trinajstić information content (AvgIpc) is 2.11. The van der Waals surface area contributed by atoms with E-state index < -0.39 is 0 Å². The fraction of sp³-hybridized carbons (Fsp3) is 0.923. The van der Waals surface area contributed by atoms with Crippen LogP contribution in [0.25, 0.3) is 0 Å². The zero-order valence-corrected chi connectivity index (χ0v) is 10.7. The van der Waals surface area contributed by atoms with Gasteiger partial charge in [-0.05, 0) is 31.1 Å². The van der Waals surface area contributed by atoms with Crippen molar-refractivity contribution in [3.05, 3.63) is 0 Å². The zero-order valence-electron chi connectivity index (χ0n) is 10.7. The molecule has 1 saturated carbocycles. The topological polar surface area (TPSA) is 20.3 Å². The molecule has 88 valence electrons. The number of hydrogen-bond acceptors (Lipinski definition) is 1.